The molecule has 3 rings (SSSR count). The molecule has 154 valence electrons. The van der Waals surface area contributed by atoms with Crippen molar-refractivity contribution in [3.63, 3.8) is 0 Å². The van der Waals surface area contributed by atoms with Crippen LogP contribution in [0.15, 0.2) is 42.5 Å². The van der Waals surface area contributed by atoms with Crippen LogP contribution in [0.1, 0.15) is 35.8 Å². The Morgan fingerprint density at radius 3 is 2.41 bits per heavy atom. The third-order valence-electron chi connectivity index (χ3n) is 4.88. The van der Waals surface area contributed by atoms with E-state index in [0.29, 0.717) is 37.6 Å². The van der Waals surface area contributed by atoms with Crippen LogP contribution < -0.4 is 20.3 Å². The number of hydrogen-bond acceptors (Lipinski definition) is 5. The second-order valence-electron chi connectivity index (χ2n) is 6.98. The molecule has 0 unspecified atom stereocenters. The predicted molar refractivity (Wildman–Crippen MR) is 113 cm³/mol. The molecule has 2 amide bonds. The second kappa shape index (κ2) is 9.43. The van der Waals surface area contributed by atoms with E-state index >= 15 is 0 Å². The Morgan fingerprint density at radius 2 is 1.79 bits per heavy atom. The number of amides is 2. The van der Waals surface area contributed by atoms with Crippen LogP contribution in [0.25, 0.3) is 0 Å². The number of rotatable bonds is 6. The van der Waals surface area contributed by atoms with Crippen LogP contribution in [0.2, 0.25) is 0 Å². The van der Waals surface area contributed by atoms with E-state index in [0.717, 1.165) is 17.0 Å². The van der Waals surface area contributed by atoms with Crippen LogP contribution in [0.4, 0.5) is 11.4 Å². The van der Waals surface area contributed by atoms with Crippen molar-refractivity contribution in [1.29, 1.82) is 0 Å². The Kier molecular flexibility index (Phi) is 6.72. The second-order valence-corrected chi connectivity index (χ2v) is 6.98. The Labute approximate surface area is 171 Å². The smallest absolute Gasteiger partial charge is 0.253 e. The van der Waals surface area contributed by atoms with Gasteiger partial charge in [-0.15, -0.1) is 0 Å². The van der Waals surface area contributed by atoms with Crippen molar-refractivity contribution >= 4 is 23.2 Å². The molecule has 1 aliphatic rings. The van der Waals surface area contributed by atoms with Gasteiger partial charge in [0.1, 0.15) is 5.75 Å². The normalized spacial score (nSPS) is 14.8. The van der Waals surface area contributed by atoms with Gasteiger partial charge in [0.2, 0.25) is 5.91 Å². The van der Waals surface area contributed by atoms with E-state index in [1.54, 1.807) is 19.2 Å². The maximum Gasteiger partial charge on any atom is 0.253 e. The molecule has 1 heterocycles. The number of carbonyl (C=O) groups excluding carboxylic acids is 2. The molecule has 7 nitrogen and oxygen atoms in total. The van der Waals surface area contributed by atoms with Gasteiger partial charge in [-0.2, -0.15) is 0 Å². The first-order valence-corrected chi connectivity index (χ1v) is 9.67. The molecule has 2 N–H and O–H groups in total. The largest absolute Gasteiger partial charge is 0.497 e. The van der Waals surface area contributed by atoms with Crippen LogP contribution in [0.3, 0.4) is 0 Å². The lowest BCUT2D eigenvalue weighted by atomic mass is 10.1. The minimum Gasteiger partial charge on any atom is -0.497 e. The Bertz CT molecular complexity index is 861. The fraction of sp³-hybridized carbons (Fsp3) is 0.364. The molecule has 0 aliphatic carbocycles. The first-order valence-electron chi connectivity index (χ1n) is 9.67. The Hall–Kier alpha value is -3.06. The van der Waals surface area contributed by atoms with Crippen molar-refractivity contribution in [3.05, 3.63) is 53.6 Å². The van der Waals surface area contributed by atoms with Crippen molar-refractivity contribution in [1.82, 2.24) is 5.32 Å². The zero-order valence-electron chi connectivity index (χ0n) is 17.0. The predicted octanol–water partition coefficient (Wildman–Crippen LogP) is 2.98. The minimum atomic E-state index is -0.166. The SMILES string of the molecule is COc1ccc([C@H](C)NC(=O)c2ccc(NC(C)=O)cc2N2CCOCC2)cc1. The highest BCUT2D eigenvalue weighted by Gasteiger charge is 2.21. The fourth-order valence-electron chi connectivity index (χ4n) is 3.32. The third-order valence-corrected chi connectivity index (χ3v) is 4.88. The maximum atomic E-state index is 13.1. The molecule has 1 saturated heterocycles. The van der Waals surface area contributed by atoms with Crippen LogP contribution in [-0.4, -0.2) is 45.2 Å². The lowest BCUT2D eigenvalue weighted by molar-refractivity contribution is -0.114. The summed E-state index contributed by atoms with van der Waals surface area (Å²) in [5.74, 6) is 0.461. The summed E-state index contributed by atoms with van der Waals surface area (Å²) in [6, 6.07) is 12.8. The number of morpholine rings is 1. The average Bonchev–Trinajstić information content (AvgIpc) is 2.73. The van der Waals surface area contributed by atoms with E-state index in [1.807, 2.05) is 37.3 Å². The Balaban J connectivity index is 1.82. The van der Waals surface area contributed by atoms with Gasteiger partial charge in [-0.05, 0) is 42.8 Å². The number of nitrogens with one attached hydrogen (secondary N) is 2. The zero-order chi connectivity index (χ0) is 20.8. The third kappa shape index (κ3) is 5.26. The van der Waals surface area contributed by atoms with Crippen molar-refractivity contribution < 1.29 is 19.1 Å². The van der Waals surface area contributed by atoms with Crippen LogP contribution in [-0.2, 0) is 9.53 Å². The molecule has 0 spiro atoms. The quantitative estimate of drug-likeness (QED) is 0.783. The van der Waals surface area contributed by atoms with Crippen molar-refractivity contribution in [2.24, 2.45) is 0 Å². The molecule has 0 aromatic heterocycles. The highest BCUT2D eigenvalue weighted by molar-refractivity contribution is 6.01. The molecule has 1 aliphatic heterocycles. The van der Waals surface area contributed by atoms with Crippen molar-refractivity contribution in [2.45, 2.75) is 19.9 Å². The van der Waals surface area contributed by atoms with Gasteiger partial charge in [0.15, 0.2) is 0 Å². The lowest BCUT2D eigenvalue weighted by Gasteiger charge is -2.31. The van der Waals surface area contributed by atoms with E-state index in [9.17, 15) is 9.59 Å². The molecular weight excluding hydrogens is 370 g/mol. The van der Waals surface area contributed by atoms with Gasteiger partial charge in [-0.25, -0.2) is 0 Å². The van der Waals surface area contributed by atoms with Crippen LogP contribution in [0, 0.1) is 0 Å². The molecule has 0 radical (unpaired) electrons. The highest BCUT2D eigenvalue weighted by Crippen LogP contribution is 2.27. The van der Waals surface area contributed by atoms with Crippen LogP contribution >= 0.6 is 0 Å². The summed E-state index contributed by atoms with van der Waals surface area (Å²) in [5.41, 5.74) is 3.01. The number of anilines is 2. The van der Waals surface area contributed by atoms with Gasteiger partial charge in [0.05, 0.1) is 37.6 Å². The van der Waals surface area contributed by atoms with Gasteiger partial charge < -0.3 is 25.0 Å². The first kappa shape index (κ1) is 20.7. The molecular formula is C22H27N3O4. The molecule has 2 aromatic rings. The van der Waals surface area contributed by atoms with Crippen molar-refractivity contribution in [3.8, 4) is 5.75 Å². The summed E-state index contributed by atoms with van der Waals surface area (Å²) >= 11 is 0. The van der Waals surface area contributed by atoms with E-state index in [4.69, 9.17) is 9.47 Å². The van der Waals surface area contributed by atoms with Gasteiger partial charge in [-0.3, -0.25) is 9.59 Å². The summed E-state index contributed by atoms with van der Waals surface area (Å²) in [7, 11) is 1.62. The number of carbonyl (C=O) groups is 2. The topological polar surface area (TPSA) is 79.9 Å². The number of methoxy groups -OCH3 is 1. The number of hydrogen-bond donors (Lipinski definition) is 2. The molecule has 7 heteroatoms. The van der Waals surface area contributed by atoms with Crippen LogP contribution in [0.5, 0.6) is 5.75 Å². The van der Waals surface area contributed by atoms with Gasteiger partial charge >= 0.3 is 0 Å². The summed E-state index contributed by atoms with van der Waals surface area (Å²) in [5, 5.41) is 5.85. The van der Waals surface area contributed by atoms with E-state index in [2.05, 4.69) is 15.5 Å². The van der Waals surface area contributed by atoms with E-state index in [1.165, 1.54) is 6.92 Å². The number of ether oxygens (including phenoxy) is 2. The van der Waals surface area contributed by atoms with Crippen molar-refractivity contribution in [2.75, 3.05) is 43.6 Å². The molecule has 1 atom stereocenters. The summed E-state index contributed by atoms with van der Waals surface area (Å²) in [6.45, 7) is 6.00. The minimum absolute atomic E-state index is 0.150. The molecule has 1 fully saturated rings. The standard InChI is InChI=1S/C22H27N3O4/c1-15(17-4-7-19(28-3)8-5-17)23-22(27)20-9-6-18(24-16(2)26)14-21(20)25-10-12-29-13-11-25/h4-9,14-15H,10-13H2,1-3H3,(H,23,27)(H,24,26)/t15-/m0/s1. The van der Waals surface area contributed by atoms with Gasteiger partial charge in [-0.1, -0.05) is 12.1 Å². The zero-order valence-corrected chi connectivity index (χ0v) is 17.0. The summed E-state index contributed by atoms with van der Waals surface area (Å²) < 4.78 is 10.6. The fourth-order valence-corrected chi connectivity index (χ4v) is 3.32. The maximum absolute atomic E-state index is 13.1. The summed E-state index contributed by atoms with van der Waals surface area (Å²) in [6.07, 6.45) is 0. The van der Waals surface area contributed by atoms with E-state index in [-0.39, 0.29) is 17.9 Å². The molecule has 0 bridgehead atoms. The Morgan fingerprint density at radius 1 is 1.10 bits per heavy atom. The number of nitrogens with zero attached hydrogens (tertiary/aromatic N) is 1. The van der Waals surface area contributed by atoms with Gasteiger partial charge in [0, 0.05) is 25.7 Å². The molecule has 29 heavy (non-hydrogen) atoms. The van der Waals surface area contributed by atoms with Gasteiger partial charge in [0.25, 0.3) is 5.91 Å². The molecule has 2 aromatic carbocycles. The average molecular weight is 397 g/mol. The highest BCUT2D eigenvalue weighted by atomic mass is 16.5. The lowest BCUT2D eigenvalue weighted by Crippen LogP contribution is -2.38. The first-order chi connectivity index (χ1) is 14.0. The monoisotopic (exact) mass is 397 g/mol. The van der Waals surface area contributed by atoms with E-state index < -0.39 is 0 Å². The molecule has 0 saturated carbocycles. The number of benzene rings is 2. The summed E-state index contributed by atoms with van der Waals surface area (Å²) in [4.78, 5) is 26.6.